The molecule has 1 aromatic heterocycles. The first-order chi connectivity index (χ1) is 11.5. The highest BCUT2D eigenvalue weighted by molar-refractivity contribution is 6.42. The van der Waals surface area contributed by atoms with Crippen LogP contribution in [-0.2, 0) is 9.63 Å². The first kappa shape index (κ1) is 18.2. The number of carbonyl (C=O) groups is 1. The maximum atomic E-state index is 12.1. The lowest BCUT2D eigenvalue weighted by Gasteiger charge is -2.09. The molecule has 1 N–H and O–H groups in total. The molecule has 2 rings (SSSR count). The van der Waals surface area contributed by atoms with Crippen LogP contribution in [0.1, 0.15) is 24.0 Å². The Kier molecular flexibility index (Phi) is 6.58. The van der Waals surface area contributed by atoms with E-state index in [1.165, 1.54) is 7.11 Å². The maximum Gasteiger partial charge on any atom is 0.224 e. The van der Waals surface area contributed by atoms with Gasteiger partial charge in [-0.05, 0) is 30.7 Å². The van der Waals surface area contributed by atoms with Gasteiger partial charge in [-0.2, -0.15) is 0 Å². The topological polar surface area (TPSA) is 63.6 Å². The molecular weight excluding hydrogens is 349 g/mol. The first-order valence-electron chi connectivity index (χ1n) is 7.27. The van der Waals surface area contributed by atoms with Crippen LogP contribution in [0.2, 0.25) is 10.0 Å². The van der Waals surface area contributed by atoms with E-state index in [2.05, 4.69) is 15.5 Å². The van der Waals surface area contributed by atoms with Crippen molar-refractivity contribution in [2.45, 2.75) is 19.8 Å². The normalized spacial score (nSPS) is 11.2. The summed E-state index contributed by atoms with van der Waals surface area (Å²) in [4.78, 5) is 21.0. The third kappa shape index (κ3) is 4.94. The fourth-order valence-corrected chi connectivity index (χ4v) is 2.37. The van der Waals surface area contributed by atoms with E-state index in [0.29, 0.717) is 27.9 Å². The molecule has 1 amide bonds. The van der Waals surface area contributed by atoms with Crippen LogP contribution < -0.4 is 5.32 Å². The van der Waals surface area contributed by atoms with Crippen LogP contribution in [0.15, 0.2) is 41.8 Å². The lowest BCUT2D eigenvalue weighted by molar-refractivity contribution is -0.116. The number of anilines is 1. The predicted molar refractivity (Wildman–Crippen MR) is 96.8 cm³/mol. The van der Waals surface area contributed by atoms with Gasteiger partial charge in [0.1, 0.15) is 7.11 Å². The lowest BCUT2D eigenvalue weighted by atomic mass is 10.1. The summed E-state index contributed by atoms with van der Waals surface area (Å²) in [6, 6.07) is 7.01. The minimum absolute atomic E-state index is 0.130. The molecule has 0 fully saturated rings. The molecule has 0 spiro atoms. The number of oxime groups is 1. The summed E-state index contributed by atoms with van der Waals surface area (Å²) in [7, 11) is 1.45. The van der Waals surface area contributed by atoms with Gasteiger partial charge in [0.05, 0.1) is 27.6 Å². The highest BCUT2D eigenvalue weighted by Crippen LogP contribution is 2.24. The van der Waals surface area contributed by atoms with Gasteiger partial charge in [-0.15, -0.1) is 0 Å². The molecule has 2 aromatic rings. The first-order valence-corrected chi connectivity index (χ1v) is 8.02. The number of aryl methyl sites for hydroxylation is 1. The van der Waals surface area contributed by atoms with Crippen LogP contribution >= 0.6 is 23.2 Å². The van der Waals surface area contributed by atoms with Crippen molar-refractivity contribution < 1.29 is 9.63 Å². The van der Waals surface area contributed by atoms with Gasteiger partial charge >= 0.3 is 0 Å². The van der Waals surface area contributed by atoms with Gasteiger partial charge in [0.2, 0.25) is 5.91 Å². The molecule has 5 nitrogen and oxygen atoms in total. The van der Waals surface area contributed by atoms with Crippen molar-refractivity contribution in [1.82, 2.24) is 4.98 Å². The van der Waals surface area contributed by atoms with Gasteiger partial charge in [0.15, 0.2) is 0 Å². The van der Waals surface area contributed by atoms with Gasteiger partial charge in [-0.3, -0.25) is 9.78 Å². The number of rotatable bonds is 6. The van der Waals surface area contributed by atoms with Crippen LogP contribution in [0.3, 0.4) is 0 Å². The van der Waals surface area contributed by atoms with E-state index in [0.717, 1.165) is 11.1 Å². The van der Waals surface area contributed by atoms with Gasteiger partial charge in [-0.25, -0.2) is 0 Å². The molecule has 0 saturated carbocycles. The maximum absolute atomic E-state index is 12.1. The van der Waals surface area contributed by atoms with E-state index in [1.54, 1.807) is 30.6 Å². The van der Waals surface area contributed by atoms with E-state index >= 15 is 0 Å². The Balaban J connectivity index is 2.04. The fourth-order valence-electron chi connectivity index (χ4n) is 2.07. The highest BCUT2D eigenvalue weighted by atomic mass is 35.5. The van der Waals surface area contributed by atoms with Crippen LogP contribution in [0.25, 0.3) is 0 Å². The Hall–Kier alpha value is -2.11. The Morgan fingerprint density at radius 2 is 2.04 bits per heavy atom. The summed E-state index contributed by atoms with van der Waals surface area (Å²) >= 11 is 12.0. The smallest absolute Gasteiger partial charge is 0.224 e. The molecule has 0 atom stereocenters. The molecular formula is C17H17Cl2N3O2. The summed E-state index contributed by atoms with van der Waals surface area (Å²) in [5.41, 5.74) is 3.03. The molecule has 0 bridgehead atoms. The van der Waals surface area contributed by atoms with Crippen molar-refractivity contribution >= 4 is 40.5 Å². The second kappa shape index (κ2) is 8.66. The monoisotopic (exact) mass is 365 g/mol. The van der Waals surface area contributed by atoms with Gasteiger partial charge in [0, 0.05) is 24.6 Å². The molecule has 24 heavy (non-hydrogen) atoms. The third-order valence-corrected chi connectivity index (χ3v) is 4.10. The summed E-state index contributed by atoms with van der Waals surface area (Å²) < 4.78 is 0. The highest BCUT2D eigenvalue weighted by Gasteiger charge is 2.11. The van der Waals surface area contributed by atoms with Crippen molar-refractivity contribution in [3.63, 3.8) is 0 Å². The second-order valence-corrected chi connectivity index (χ2v) is 5.90. The molecule has 7 heteroatoms. The minimum Gasteiger partial charge on any atom is -0.399 e. The summed E-state index contributed by atoms with van der Waals surface area (Å²) in [6.45, 7) is 1.91. The van der Waals surface area contributed by atoms with E-state index < -0.39 is 0 Å². The van der Waals surface area contributed by atoms with Crippen molar-refractivity contribution in [1.29, 1.82) is 0 Å². The number of hydrogen-bond acceptors (Lipinski definition) is 4. The van der Waals surface area contributed by atoms with Crippen LogP contribution in [0.5, 0.6) is 0 Å². The fraction of sp³-hybridized carbons (Fsp3) is 0.235. The van der Waals surface area contributed by atoms with E-state index in [-0.39, 0.29) is 12.3 Å². The number of amides is 1. The molecule has 0 aliphatic rings. The van der Waals surface area contributed by atoms with Crippen molar-refractivity contribution in [3.05, 3.63) is 57.8 Å². The van der Waals surface area contributed by atoms with Crippen LogP contribution in [0.4, 0.5) is 5.69 Å². The van der Waals surface area contributed by atoms with E-state index in [1.807, 2.05) is 13.0 Å². The molecule has 0 aliphatic carbocycles. The number of hydrogen-bond donors (Lipinski definition) is 1. The van der Waals surface area contributed by atoms with E-state index in [9.17, 15) is 4.79 Å². The number of nitrogens with zero attached hydrogens (tertiary/aromatic N) is 2. The SMILES string of the molecule is CO/N=C(\CCC(=O)Nc1cnccc1C)c1ccc(Cl)c(Cl)c1. The van der Waals surface area contributed by atoms with Gasteiger partial charge in [-0.1, -0.05) is 34.4 Å². The number of pyridine rings is 1. The molecule has 0 radical (unpaired) electrons. The average Bonchev–Trinajstić information content (AvgIpc) is 2.56. The van der Waals surface area contributed by atoms with Gasteiger partial charge < -0.3 is 10.2 Å². The number of halogens is 2. The molecule has 1 heterocycles. The molecule has 0 saturated heterocycles. The number of nitrogens with one attached hydrogen (secondary N) is 1. The number of aromatic nitrogens is 1. The van der Waals surface area contributed by atoms with E-state index in [4.69, 9.17) is 28.0 Å². The van der Waals surface area contributed by atoms with Crippen molar-refractivity contribution in [2.75, 3.05) is 12.4 Å². The standard InChI is InChI=1S/C17H17Cl2N3O2/c1-11-7-8-20-10-16(11)21-17(23)6-5-15(22-24-2)12-3-4-13(18)14(19)9-12/h3-4,7-10H,5-6H2,1-2H3,(H,21,23)/b22-15+. The zero-order chi connectivity index (χ0) is 17.5. The largest absolute Gasteiger partial charge is 0.399 e. The van der Waals surface area contributed by atoms with Crippen LogP contribution in [-0.4, -0.2) is 23.7 Å². The minimum atomic E-state index is -0.130. The quantitative estimate of drug-likeness (QED) is 0.606. The summed E-state index contributed by atoms with van der Waals surface area (Å²) in [5, 5.41) is 7.70. The molecule has 1 aromatic carbocycles. The van der Waals surface area contributed by atoms with Gasteiger partial charge in [0.25, 0.3) is 0 Å². The average molecular weight is 366 g/mol. The summed E-state index contributed by atoms with van der Waals surface area (Å²) in [5.74, 6) is -0.130. The Morgan fingerprint density at radius 3 is 2.71 bits per heavy atom. The second-order valence-electron chi connectivity index (χ2n) is 5.09. The Morgan fingerprint density at radius 1 is 1.25 bits per heavy atom. The zero-order valence-electron chi connectivity index (χ0n) is 13.3. The predicted octanol–water partition coefficient (Wildman–Crippen LogP) is 4.47. The van der Waals surface area contributed by atoms with Crippen molar-refractivity contribution in [3.8, 4) is 0 Å². The molecule has 0 aliphatic heterocycles. The van der Waals surface area contributed by atoms with Crippen LogP contribution in [0, 0.1) is 6.92 Å². The number of carbonyl (C=O) groups excluding carboxylic acids is 1. The lowest BCUT2D eigenvalue weighted by Crippen LogP contribution is -2.15. The molecule has 0 unspecified atom stereocenters. The van der Waals surface area contributed by atoms with Crippen molar-refractivity contribution in [2.24, 2.45) is 5.16 Å². The Labute approximate surface area is 150 Å². The Bertz CT molecular complexity index is 763. The zero-order valence-corrected chi connectivity index (χ0v) is 14.9. The number of benzene rings is 1. The summed E-state index contributed by atoms with van der Waals surface area (Å²) in [6.07, 6.45) is 3.95. The molecule has 126 valence electrons. The third-order valence-electron chi connectivity index (χ3n) is 3.36.